The van der Waals surface area contributed by atoms with Gasteiger partial charge in [-0.25, -0.2) is 0 Å². The molecule has 3 nitrogen and oxygen atoms in total. The smallest absolute Gasteiger partial charge is 0.0900 e. The van der Waals surface area contributed by atoms with Gasteiger partial charge in [0.05, 0.1) is 19.3 Å². The summed E-state index contributed by atoms with van der Waals surface area (Å²) in [6, 6.07) is 10.6. The molecule has 0 radical (unpaired) electrons. The van der Waals surface area contributed by atoms with Crippen LogP contribution in [0.4, 0.5) is 0 Å². The van der Waals surface area contributed by atoms with Gasteiger partial charge in [-0.05, 0) is 38.3 Å². The number of hydrogen-bond donors (Lipinski definition) is 1. The molecule has 1 fully saturated rings. The van der Waals surface area contributed by atoms with E-state index in [-0.39, 0.29) is 0 Å². The molecule has 1 N–H and O–H groups in total. The van der Waals surface area contributed by atoms with E-state index in [2.05, 4.69) is 18.9 Å². The molecule has 1 aliphatic rings. The molecule has 0 amide bonds. The molecule has 1 aromatic carbocycles. The number of likely N-dealkylation sites (N-methyl/N-ethyl adjacent to an activating group) is 1. The van der Waals surface area contributed by atoms with Crippen molar-refractivity contribution >= 4 is 0 Å². The first kappa shape index (κ1) is 14.5. The van der Waals surface area contributed by atoms with E-state index in [4.69, 9.17) is 4.74 Å². The Hall–Kier alpha value is -0.900. The lowest BCUT2D eigenvalue weighted by atomic mass is 10.2. The molecule has 2 unspecified atom stereocenters. The van der Waals surface area contributed by atoms with Gasteiger partial charge in [-0.15, -0.1) is 0 Å². The van der Waals surface area contributed by atoms with E-state index >= 15 is 0 Å². The molecule has 2 rings (SSSR count). The van der Waals surface area contributed by atoms with Gasteiger partial charge in [0.1, 0.15) is 0 Å². The summed E-state index contributed by atoms with van der Waals surface area (Å²) in [4.78, 5) is 2.24. The van der Waals surface area contributed by atoms with Crippen LogP contribution in [-0.4, -0.2) is 42.4 Å². The number of ether oxygens (including phenoxy) is 1. The van der Waals surface area contributed by atoms with Crippen molar-refractivity contribution in [2.45, 2.75) is 38.5 Å². The Balaban J connectivity index is 1.62. The average molecular weight is 263 g/mol. The Bertz CT molecular complexity index is 364. The lowest BCUT2D eigenvalue weighted by Crippen LogP contribution is -2.38. The van der Waals surface area contributed by atoms with Crippen LogP contribution in [0.5, 0.6) is 0 Å². The molecule has 0 spiro atoms. The van der Waals surface area contributed by atoms with Gasteiger partial charge in [0, 0.05) is 12.6 Å². The number of benzene rings is 1. The third-order valence-electron chi connectivity index (χ3n) is 3.92. The lowest BCUT2D eigenvalue weighted by Gasteiger charge is -2.26. The van der Waals surface area contributed by atoms with Crippen LogP contribution in [0.2, 0.25) is 0 Å². The predicted octanol–water partition coefficient (Wildman–Crippen LogP) is 2.29. The van der Waals surface area contributed by atoms with Crippen LogP contribution in [0.15, 0.2) is 30.3 Å². The Morgan fingerprint density at radius 1 is 1.32 bits per heavy atom. The monoisotopic (exact) mass is 263 g/mol. The van der Waals surface area contributed by atoms with Crippen LogP contribution >= 0.6 is 0 Å². The van der Waals surface area contributed by atoms with Crippen molar-refractivity contribution in [1.29, 1.82) is 0 Å². The van der Waals surface area contributed by atoms with Crippen molar-refractivity contribution < 1.29 is 9.84 Å². The Morgan fingerprint density at radius 3 is 2.63 bits per heavy atom. The summed E-state index contributed by atoms with van der Waals surface area (Å²) in [5.74, 6) is 0.836. The summed E-state index contributed by atoms with van der Waals surface area (Å²) < 4.78 is 5.56. The predicted molar refractivity (Wildman–Crippen MR) is 76.9 cm³/mol. The molecule has 0 aromatic heterocycles. The summed E-state index contributed by atoms with van der Waals surface area (Å²) in [5.41, 5.74) is 1.15. The highest BCUT2D eigenvalue weighted by molar-refractivity contribution is 5.13. The zero-order valence-corrected chi connectivity index (χ0v) is 12.0. The molecule has 1 saturated carbocycles. The maximum atomic E-state index is 9.98. The molecule has 2 atom stereocenters. The minimum absolute atomic E-state index is 0.399. The number of hydrogen-bond acceptors (Lipinski definition) is 3. The highest BCUT2D eigenvalue weighted by atomic mass is 16.5. The second-order valence-corrected chi connectivity index (χ2v) is 5.67. The van der Waals surface area contributed by atoms with E-state index < -0.39 is 6.10 Å². The zero-order chi connectivity index (χ0) is 13.7. The van der Waals surface area contributed by atoms with Gasteiger partial charge in [0.25, 0.3) is 0 Å². The fraction of sp³-hybridized carbons (Fsp3) is 0.625. The molecule has 0 aliphatic heterocycles. The standard InChI is InChI=1S/C16H25NO2/c1-13(15-8-9-15)17(2)10-16(18)12-19-11-14-6-4-3-5-7-14/h3-7,13,15-16,18H,8-12H2,1-2H3. The van der Waals surface area contributed by atoms with Crippen molar-refractivity contribution in [3.05, 3.63) is 35.9 Å². The maximum Gasteiger partial charge on any atom is 0.0900 e. The first-order valence-electron chi connectivity index (χ1n) is 7.17. The summed E-state index contributed by atoms with van der Waals surface area (Å²) in [5, 5.41) is 9.98. The van der Waals surface area contributed by atoms with Crippen LogP contribution in [0.1, 0.15) is 25.3 Å². The number of rotatable bonds is 8. The summed E-state index contributed by atoms with van der Waals surface area (Å²) in [7, 11) is 2.09. The molecule has 0 saturated heterocycles. The van der Waals surface area contributed by atoms with Gasteiger partial charge < -0.3 is 14.7 Å². The third kappa shape index (κ3) is 4.94. The van der Waals surface area contributed by atoms with Gasteiger partial charge in [-0.1, -0.05) is 30.3 Å². The number of nitrogens with zero attached hydrogens (tertiary/aromatic N) is 1. The molecule has 1 aliphatic carbocycles. The molecule has 19 heavy (non-hydrogen) atoms. The average Bonchev–Trinajstić information content (AvgIpc) is 3.23. The SMILES string of the molecule is CC(C1CC1)N(C)CC(O)COCc1ccccc1. The highest BCUT2D eigenvalue weighted by Crippen LogP contribution is 2.34. The van der Waals surface area contributed by atoms with Crippen LogP contribution in [0, 0.1) is 5.92 Å². The van der Waals surface area contributed by atoms with E-state index in [1.807, 2.05) is 30.3 Å². The summed E-state index contributed by atoms with van der Waals surface area (Å²) >= 11 is 0. The van der Waals surface area contributed by atoms with Crippen molar-refractivity contribution in [3.8, 4) is 0 Å². The molecule has 106 valence electrons. The van der Waals surface area contributed by atoms with Crippen molar-refractivity contribution in [2.24, 2.45) is 5.92 Å². The van der Waals surface area contributed by atoms with Crippen molar-refractivity contribution in [3.63, 3.8) is 0 Å². The van der Waals surface area contributed by atoms with E-state index in [1.54, 1.807) is 0 Å². The van der Waals surface area contributed by atoms with E-state index in [1.165, 1.54) is 12.8 Å². The van der Waals surface area contributed by atoms with Crippen molar-refractivity contribution in [2.75, 3.05) is 20.2 Å². The molecule has 0 heterocycles. The first-order valence-corrected chi connectivity index (χ1v) is 7.17. The van der Waals surface area contributed by atoms with Crippen molar-refractivity contribution in [1.82, 2.24) is 4.90 Å². The molecule has 1 aromatic rings. The van der Waals surface area contributed by atoms with Gasteiger partial charge in [0.2, 0.25) is 0 Å². The van der Waals surface area contributed by atoms with E-state index in [0.29, 0.717) is 25.8 Å². The maximum absolute atomic E-state index is 9.98. The van der Waals surface area contributed by atoms with Gasteiger partial charge >= 0.3 is 0 Å². The van der Waals surface area contributed by atoms with E-state index in [0.717, 1.165) is 11.5 Å². The third-order valence-corrected chi connectivity index (χ3v) is 3.92. The van der Waals surface area contributed by atoms with Crippen LogP contribution in [0.25, 0.3) is 0 Å². The van der Waals surface area contributed by atoms with Gasteiger partial charge in [0.15, 0.2) is 0 Å². The first-order chi connectivity index (χ1) is 9.16. The fourth-order valence-corrected chi connectivity index (χ4v) is 2.38. The second kappa shape index (κ2) is 7.04. The van der Waals surface area contributed by atoms with Crippen LogP contribution in [0.3, 0.4) is 0 Å². The summed E-state index contributed by atoms with van der Waals surface area (Å²) in [6.07, 6.45) is 2.27. The molecular formula is C16H25NO2. The van der Waals surface area contributed by atoms with Gasteiger partial charge in [-0.3, -0.25) is 0 Å². The van der Waals surface area contributed by atoms with Crippen LogP contribution < -0.4 is 0 Å². The zero-order valence-electron chi connectivity index (χ0n) is 12.0. The lowest BCUT2D eigenvalue weighted by molar-refractivity contribution is 0.00731. The molecular weight excluding hydrogens is 238 g/mol. The largest absolute Gasteiger partial charge is 0.389 e. The minimum atomic E-state index is -0.407. The summed E-state index contributed by atoms with van der Waals surface area (Å²) in [6.45, 7) is 3.90. The molecule has 0 bridgehead atoms. The minimum Gasteiger partial charge on any atom is -0.389 e. The fourth-order valence-electron chi connectivity index (χ4n) is 2.38. The van der Waals surface area contributed by atoms with Crippen LogP contribution in [-0.2, 0) is 11.3 Å². The van der Waals surface area contributed by atoms with Gasteiger partial charge in [-0.2, -0.15) is 0 Å². The Morgan fingerprint density at radius 2 is 2.00 bits per heavy atom. The Labute approximate surface area is 116 Å². The normalized spacial score (nSPS) is 18.5. The molecule has 3 heteroatoms. The number of aliphatic hydroxyl groups is 1. The highest BCUT2D eigenvalue weighted by Gasteiger charge is 2.30. The second-order valence-electron chi connectivity index (χ2n) is 5.67. The topological polar surface area (TPSA) is 32.7 Å². The number of aliphatic hydroxyl groups excluding tert-OH is 1. The van der Waals surface area contributed by atoms with E-state index in [9.17, 15) is 5.11 Å². The quantitative estimate of drug-likeness (QED) is 0.781. The Kier molecular flexibility index (Phi) is 5.37.